The average molecular weight is 296 g/mol. The largest absolute Gasteiger partial charge is 0.324 e. The Balaban J connectivity index is 2.16. The average Bonchev–Trinajstić information content (AvgIpc) is 2.61. The number of hydrogen-bond acceptors (Lipinski definition) is 3. The molecule has 2 nitrogen and oxygen atoms in total. The van der Waals surface area contributed by atoms with Gasteiger partial charge in [0.2, 0.25) is 0 Å². The Bertz CT molecular complexity index is 634. The number of nitrogens with zero attached hydrogens (tertiary/aromatic N) is 1. The Morgan fingerprint density at radius 3 is 2.48 bits per heavy atom. The zero-order valence-corrected chi connectivity index (χ0v) is 13.3. The van der Waals surface area contributed by atoms with E-state index in [9.17, 15) is 0 Å². The maximum atomic E-state index is 6.12. The van der Waals surface area contributed by atoms with Gasteiger partial charge in [0.05, 0.1) is 12.3 Å². The number of aliphatic imine (C=N–C) groups is 1. The van der Waals surface area contributed by atoms with Crippen LogP contribution in [0.3, 0.4) is 0 Å². The fraction of sp³-hybridized carbons (Fsp3) is 0.278. The lowest BCUT2D eigenvalue weighted by atomic mass is 9.97. The summed E-state index contributed by atoms with van der Waals surface area (Å²) in [6.07, 6.45) is 0. The van der Waals surface area contributed by atoms with Crippen LogP contribution in [0.1, 0.15) is 30.5 Å². The van der Waals surface area contributed by atoms with Crippen LogP contribution in [0.5, 0.6) is 0 Å². The third-order valence-electron chi connectivity index (χ3n) is 3.44. The highest BCUT2D eigenvalue weighted by Crippen LogP contribution is 2.34. The maximum absolute atomic E-state index is 6.12. The molecular weight excluding hydrogens is 276 g/mol. The minimum absolute atomic E-state index is 0.295. The molecule has 2 N–H and O–H groups in total. The summed E-state index contributed by atoms with van der Waals surface area (Å²) in [7, 11) is 0. The summed E-state index contributed by atoms with van der Waals surface area (Å²) in [6, 6.07) is 17.0. The summed E-state index contributed by atoms with van der Waals surface area (Å²) >= 11 is 1.88. The molecule has 2 aromatic carbocycles. The molecule has 2 aromatic rings. The molecule has 0 atom stereocenters. The first-order chi connectivity index (χ1) is 10.0. The molecule has 0 aliphatic carbocycles. The molecule has 1 heterocycles. The Kier molecular flexibility index (Phi) is 3.87. The number of nitrogens with two attached hydrogens (primary N) is 1. The summed E-state index contributed by atoms with van der Waals surface area (Å²) < 4.78 is 0. The zero-order valence-electron chi connectivity index (χ0n) is 12.5. The number of rotatable bonds is 2. The van der Waals surface area contributed by atoms with Gasteiger partial charge in [-0.2, -0.15) is 0 Å². The van der Waals surface area contributed by atoms with Crippen LogP contribution in [-0.2, 0) is 5.75 Å². The van der Waals surface area contributed by atoms with Crippen LogP contribution >= 0.6 is 11.8 Å². The van der Waals surface area contributed by atoms with Gasteiger partial charge in [0.15, 0.2) is 0 Å². The molecule has 1 aliphatic heterocycles. The van der Waals surface area contributed by atoms with Gasteiger partial charge in [0, 0.05) is 27.3 Å². The lowest BCUT2D eigenvalue weighted by Gasteiger charge is -2.17. The summed E-state index contributed by atoms with van der Waals surface area (Å²) in [5, 5.41) is 0. The van der Waals surface area contributed by atoms with Gasteiger partial charge in [-0.05, 0) is 25.5 Å². The molecule has 0 fully saturated rings. The molecule has 21 heavy (non-hydrogen) atoms. The second-order valence-corrected chi connectivity index (χ2v) is 7.11. The number of hydrogen-bond donors (Lipinski definition) is 1. The minimum Gasteiger partial charge on any atom is -0.324 e. The maximum Gasteiger partial charge on any atom is 0.0734 e. The number of fused-ring (bicyclic) bond motifs is 2. The van der Waals surface area contributed by atoms with Gasteiger partial charge >= 0.3 is 0 Å². The number of thioether (sulfide) groups is 1. The molecule has 0 spiro atoms. The second-order valence-electron chi connectivity index (χ2n) is 6.10. The van der Waals surface area contributed by atoms with Crippen molar-refractivity contribution in [1.29, 1.82) is 0 Å². The fourth-order valence-corrected chi connectivity index (χ4v) is 3.48. The van der Waals surface area contributed by atoms with Gasteiger partial charge in [-0.25, -0.2) is 0 Å². The third-order valence-corrected chi connectivity index (χ3v) is 4.56. The van der Waals surface area contributed by atoms with Crippen molar-refractivity contribution in [3.63, 3.8) is 0 Å². The molecule has 0 amide bonds. The van der Waals surface area contributed by atoms with E-state index < -0.39 is 0 Å². The van der Waals surface area contributed by atoms with Crippen molar-refractivity contribution in [1.82, 2.24) is 0 Å². The molecule has 3 heteroatoms. The molecule has 0 unspecified atom stereocenters. The first kappa shape index (κ1) is 14.4. The van der Waals surface area contributed by atoms with Crippen LogP contribution < -0.4 is 5.73 Å². The van der Waals surface area contributed by atoms with E-state index in [-0.39, 0.29) is 5.54 Å². The Labute approximate surface area is 130 Å². The first-order valence-electron chi connectivity index (χ1n) is 7.18. The van der Waals surface area contributed by atoms with Gasteiger partial charge in [-0.3, -0.25) is 4.99 Å². The summed E-state index contributed by atoms with van der Waals surface area (Å²) in [5.74, 6) is 0.984. The third kappa shape index (κ3) is 3.20. The number of benzene rings is 2. The molecular formula is C18H20N2S. The summed E-state index contributed by atoms with van der Waals surface area (Å²) in [4.78, 5) is 6.17. The van der Waals surface area contributed by atoms with E-state index in [4.69, 9.17) is 10.7 Å². The lowest BCUT2D eigenvalue weighted by Crippen LogP contribution is -2.35. The van der Waals surface area contributed by atoms with Crippen LogP contribution in [0.15, 0.2) is 58.4 Å². The van der Waals surface area contributed by atoms with Crippen LogP contribution in [0, 0.1) is 0 Å². The van der Waals surface area contributed by atoms with E-state index in [0.29, 0.717) is 6.54 Å². The van der Waals surface area contributed by atoms with Crippen molar-refractivity contribution >= 4 is 17.5 Å². The van der Waals surface area contributed by atoms with Crippen molar-refractivity contribution < 1.29 is 0 Å². The van der Waals surface area contributed by atoms with Crippen LogP contribution in [-0.4, -0.2) is 17.8 Å². The SMILES string of the molecule is CC(C)(N)CN=C1c2ccccc2CSc2ccccc21. The zero-order chi connectivity index (χ0) is 14.9. The van der Waals surface area contributed by atoms with Gasteiger partial charge in [0.1, 0.15) is 0 Å². The first-order valence-corrected chi connectivity index (χ1v) is 8.17. The van der Waals surface area contributed by atoms with E-state index in [1.54, 1.807) is 0 Å². The van der Waals surface area contributed by atoms with E-state index in [0.717, 1.165) is 11.5 Å². The standard InChI is InChI=1S/C18H20N2S/c1-18(2,19)12-20-17-14-8-4-3-7-13(14)11-21-16-10-6-5-9-15(16)17/h3-10H,11-12,19H2,1-2H3. The van der Waals surface area contributed by atoms with Gasteiger partial charge < -0.3 is 5.73 Å². The Morgan fingerprint density at radius 1 is 1.05 bits per heavy atom. The molecule has 108 valence electrons. The molecule has 0 aromatic heterocycles. The van der Waals surface area contributed by atoms with Gasteiger partial charge in [-0.15, -0.1) is 11.8 Å². The van der Waals surface area contributed by atoms with Crippen molar-refractivity contribution in [2.75, 3.05) is 6.54 Å². The summed E-state index contributed by atoms with van der Waals surface area (Å²) in [5.41, 5.74) is 10.7. The van der Waals surface area contributed by atoms with E-state index >= 15 is 0 Å². The molecule has 0 radical (unpaired) electrons. The molecule has 1 aliphatic rings. The Hall–Kier alpha value is -1.58. The lowest BCUT2D eigenvalue weighted by molar-refractivity contribution is 0.534. The van der Waals surface area contributed by atoms with E-state index in [1.165, 1.54) is 21.6 Å². The highest BCUT2D eigenvalue weighted by atomic mass is 32.2. The predicted octanol–water partition coefficient (Wildman–Crippen LogP) is 3.87. The van der Waals surface area contributed by atoms with Crippen molar-refractivity contribution in [2.24, 2.45) is 10.7 Å². The van der Waals surface area contributed by atoms with Crippen LogP contribution in [0.4, 0.5) is 0 Å². The highest BCUT2D eigenvalue weighted by molar-refractivity contribution is 7.98. The van der Waals surface area contributed by atoms with Gasteiger partial charge in [-0.1, -0.05) is 42.5 Å². The predicted molar refractivity (Wildman–Crippen MR) is 91.2 cm³/mol. The van der Waals surface area contributed by atoms with Crippen LogP contribution in [0.2, 0.25) is 0 Å². The van der Waals surface area contributed by atoms with Crippen LogP contribution in [0.25, 0.3) is 0 Å². The molecule has 3 rings (SSSR count). The second kappa shape index (κ2) is 5.66. The molecule has 0 saturated carbocycles. The van der Waals surface area contributed by atoms with Crippen molar-refractivity contribution in [3.05, 3.63) is 65.2 Å². The van der Waals surface area contributed by atoms with E-state index in [1.807, 2.05) is 25.6 Å². The molecule has 0 saturated heterocycles. The Morgan fingerprint density at radius 2 is 1.71 bits per heavy atom. The monoisotopic (exact) mass is 296 g/mol. The summed E-state index contributed by atoms with van der Waals surface area (Å²) in [6.45, 7) is 4.65. The van der Waals surface area contributed by atoms with Crippen molar-refractivity contribution in [2.45, 2.75) is 30.0 Å². The van der Waals surface area contributed by atoms with Gasteiger partial charge in [0.25, 0.3) is 0 Å². The minimum atomic E-state index is -0.295. The normalized spacial score (nSPS) is 16.2. The van der Waals surface area contributed by atoms with E-state index in [2.05, 4.69) is 48.5 Å². The fourth-order valence-electron chi connectivity index (χ4n) is 2.42. The topological polar surface area (TPSA) is 38.4 Å². The highest BCUT2D eigenvalue weighted by Gasteiger charge is 2.20. The molecule has 0 bridgehead atoms. The quantitative estimate of drug-likeness (QED) is 0.913. The van der Waals surface area contributed by atoms with Crippen molar-refractivity contribution in [3.8, 4) is 0 Å². The smallest absolute Gasteiger partial charge is 0.0734 e.